The summed E-state index contributed by atoms with van der Waals surface area (Å²) in [7, 11) is -2.33. The van der Waals surface area contributed by atoms with Crippen LogP contribution in [-0.4, -0.2) is 27.2 Å². The molecule has 0 radical (unpaired) electrons. The Bertz CT molecular complexity index is 705. The van der Waals surface area contributed by atoms with Gasteiger partial charge in [0.2, 0.25) is 0 Å². The Morgan fingerprint density at radius 1 is 1.05 bits per heavy atom. The Morgan fingerprint density at radius 3 is 2.18 bits per heavy atom. The molecule has 0 aliphatic heterocycles. The van der Waals surface area contributed by atoms with Crippen molar-refractivity contribution in [1.82, 2.24) is 0 Å². The summed E-state index contributed by atoms with van der Waals surface area (Å²) in [6, 6.07) is 13.0. The Kier molecular flexibility index (Phi) is 5.18. The van der Waals surface area contributed by atoms with E-state index in [1.807, 2.05) is 6.92 Å². The first kappa shape index (κ1) is 16.5. The SMILES string of the molecule is COc1ccc([C@H](O)COS(=O)(=O)c2ccc(C)cc2)cc1. The van der Waals surface area contributed by atoms with E-state index in [0.717, 1.165) is 5.56 Å². The molecular weight excluding hydrogens is 304 g/mol. The van der Waals surface area contributed by atoms with Crippen LogP contribution in [0, 0.1) is 6.92 Å². The fraction of sp³-hybridized carbons (Fsp3) is 0.250. The second kappa shape index (κ2) is 6.91. The lowest BCUT2D eigenvalue weighted by Gasteiger charge is -2.12. The van der Waals surface area contributed by atoms with Crippen molar-refractivity contribution in [2.45, 2.75) is 17.9 Å². The van der Waals surface area contributed by atoms with Crippen molar-refractivity contribution in [2.75, 3.05) is 13.7 Å². The molecule has 5 nitrogen and oxygen atoms in total. The maximum absolute atomic E-state index is 12.0. The summed E-state index contributed by atoms with van der Waals surface area (Å²) in [5, 5.41) is 10.0. The zero-order valence-electron chi connectivity index (χ0n) is 12.4. The van der Waals surface area contributed by atoms with Crippen molar-refractivity contribution in [3.05, 3.63) is 59.7 Å². The molecule has 0 fully saturated rings. The molecule has 1 atom stereocenters. The maximum atomic E-state index is 12.0. The first-order chi connectivity index (χ1) is 10.4. The van der Waals surface area contributed by atoms with Crippen LogP contribution < -0.4 is 4.74 Å². The second-order valence-corrected chi connectivity index (χ2v) is 6.46. The molecule has 0 saturated heterocycles. The van der Waals surface area contributed by atoms with Crippen molar-refractivity contribution in [2.24, 2.45) is 0 Å². The minimum atomic E-state index is -3.88. The van der Waals surface area contributed by atoms with Crippen LogP contribution in [0.4, 0.5) is 0 Å². The van der Waals surface area contributed by atoms with Gasteiger partial charge in [-0.05, 0) is 36.8 Å². The molecule has 0 saturated carbocycles. The third-order valence-corrected chi connectivity index (χ3v) is 4.49. The van der Waals surface area contributed by atoms with Crippen LogP contribution >= 0.6 is 0 Å². The highest BCUT2D eigenvalue weighted by atomic mass is 32.2. The Labute approximate surface area is 130 Å². The van der Waals surface area contributed by atoms with Crippen LogP contribution in [0.5, 0.6) is 5.75 Å². The van der Waals surface area contributed by atoms with Crippen LogP contribution in [0.3, 0.4) is 0 Å². The van der Waals surface area contributed by atoms with Gasteiger partial charge in [-0.2, -0.15) is 8.42 Å². The van der Waals surface area contributed by atoms with Gasteiger partial charge < -0.3 is 9.84 Å². The fourth-order valence-corrected chi connectivity index (χ4v) is 2.76. The zero-order valence-corrected chi connectivity index (χ0v) is 13.2. The van der Waals surface area contributed by atoms with E-state index in [2.05, 4.69) is 0 Å². The lowest BCUT2D eigenvalue weighted by atomic mass is 10.1. The summed E-state index contributed by atoms with van der Waals surface area (Å²) >= 11 is 0. The van der Waals surface area contributed by atoms with E-state index >= 15 is 0 Å². The van der Waals surface area contributed by atoms with Crippen molar-refractivity contribution >= 4 is 10.1 Å². The standard InChI is InChI=1S/C16H18O5S/c1-12-3-9-15(10-4-12)22(18,19)21-11-16(17)13-5-7-14(20-2)8-6-13/h3-10,16-17H,11H2,1-2H3/t16-/m1/s1. The molecule has 0 aromatic heterocycles. The van der Waals surface area contributed by atoms with Gasteiger partial charge in [-0.3, -0.25) is 4.18 Å². The van der Waals surface area contributed by atoms with Crippen molar-refractivity contribution in [3.63, 3.8) is 0 Å². The normalized spacial score (nSPS) is 12.9. The van der Waals surface area contributed by atoms with Gasteiger partial charge in [0.15, 0.2) is 0 Å². The van der Waals surface area contributed by atoms with Crippen molar-refractivity contribution < 1.29 is 22.4 Å². The van der Waals surface area contributed by atoms with Gasteiger partial charge in [-0.25, -0.2) is 0 Å². The molecule has 0 spiro atoms. The lowest BCUT2D eigenvalue weighted by Crippen LogP contribution is -2.13. The number of aryl methyl sites for hydroxylation is 1. The molecule has 2 aromatic rings. The lowest BCUT2D eigenvalue weighted by molar-refractivity contribution is 0.111. The highest BCUT2D eigenvalue weighted by Gasteiger charge is 2.18. The predicted molar refractivity (Wildman–Crippen MR) is 82.3 cm³/mol. The maximum Gasteiger partial charge on any atom is 0.297 e. The van der Waals surface area contributed by atoms with Crippen LogP contribution in [-0.2, 0) is 14.3 Å². The smallest absolute Gasteiger partial charge is 0.297 e. The summed E-state index contributed by atoms with van der Waals surface area (Å²) in [6.45, 7) is 1.52. The molecule has 0 aliphatic rings. The Hall–Kier alpha value is -1.89. The predicted octanol–water partition coefficient (Wildman–Crippen LogP) is 2.44. The minimum Gasteiger partial charge on any atom is -0.497 e. The number of hydrogen-bond donors (Lipinski definition) is 1. The molecular formula is C16H18O5S. The highest BCUT2D eigenvalue weighted by molar-refractivity contribution is 7.86. The molecule has 1 N–H and O–H groups in total. The molecule has 118 valence electrons. The van der Waals surface area contributed by atoms with E-state index in [0.29, 0.717) is 11.3 Å². The van der Waals surface area contributed by atoms with E-state index in [-0.39, 0.29) is 11.5 Å². The summed E-state index contributed by atoms with van der Waals surface area (Å²) in [4.78, 5) is 0.0695. The molecule has 0 bridgehead atoms. The average Bonchev–Trinajstić information content (AvgIpc) is 2.53. The van der Waals surface area contributed by atoms with Gasteiger partial charge >= 0.3 is 0 Å². The van der Waals surface area contributed by atoms with E-state index < -0.39 is 16.2 Å². The number of aliphatic hydroxyl groups excluding tert-OH is 1. The molecule has 0 unspecified atom stereocenters. The van der Waals surface area contributed by atoms with Gasteiger partial charge in [0.1, 0.15) is 11.9 Å². The summed E-state index contributed by atoms with van der Waals surface area (Å²) in [5.41, 5.74) is 1.51. The fourth-order valence-electron chi connectivity index (χ4n) is 1.85. The number of benzene rings is 2. The zero-order chi connectivity index (χ0) is 16.2. The second-order valence-electron chi connectivity index (χ2n) is 4.84. The molecule has 2 aromatic carbocycles. The first-order valence-electron chi connectivity index (χ1n) is 6.70. The number of ether oxygens (including phenoxy) is 1. The number of hydrogen-bond acceptors (Lipinski definition) is 5. The van der Waals surface area contributed by atoms with E-state index in [1.54, 1.807) is 43.5 Å². The first-order valence-corrected chi connectivity index (χ1v) is 8.11. The Morgan fingerprint density at radius 2 is 1.64 bits per heavy atom. The van der Waals surface area contributed by atoms with Crippen LogP contribution in [0.15, 0.2) is 53.4 Å². The monoisotopic (exact) mass is 322 g/mol. The van der Waals surface area contributed by atoms with E-state index in [4.69, 9.17) is 8.92 Å². The molecule has 22 heavy (non-hydrogen) atoms. The van der Waals surface area contributed by atoms with Crippen LogP contribution in [0.1, 0.15) is 17.2 Å². The van der Waals surface area contributed by atoms with E-state index in [1.165, 1.54) is 12.1 Å². The van der Waals surface area contributed by atoms with E-state index in [9.17, 15) is 13.5 Å². The number of rotatable bonds is 6. The summed E-state index contributed by atoms with van der Waals surface area (Å²) in [5.74, 6) is 0.657. The third-order valence-electron chi connectivity index (χ3n) is 3.19. The molecule has 6 heteroatoms. The van der Waals surface area contributed by atoms with Gasteiger partial charge in [0.05, 0.1) is 18.6 Å². The average molecular weight is 322 g/mol. The van der Waals surface area contributed by atoms with Gasteiger partial charge in [0.25, 0.3) is 10.1 Å². The summed E-state index contributed by atoms with van der Waals surface area (Å²) in [6.07, 6.45) is -1.04. The minimum absolute atomic E-state index is 0.0695. The number of methoxy groups -OCH3 is 1. The largest absolute Gasteiger partial charge is 0.497 e. The molecule has 0 aliphatic carbocycles. The highest BCUT2D eigenvalue weighted by Crippen LogP contribution is 2.20. The van der Waals surface area contributed by atoms with Gasteiger partial charge in [-0.1, -0.05) is 29.8 Å². The third kappa shape index (κ3) is 4.07. The molecule has 0 amide bonds. The van der Waals surface area contributed by atoms with Crippen LogP contribution in [0.25, 0.3) is 0 Å². The van der Waals surface area contributed by atoms with Crippen molar-refractivity contribution in [3.8, 4) is 5.75 Å². The topological polar surface area (TPSA) is 72.8 Å². The Balaban J connectivity index is 2.02. The van der Waals surface area contributed by atoms with Crippen LogP contribution in [0.2, 0.25) is 0 Å². The van der Waals surface area contributed by atoms with Gasteiger partial charge in [0, 0.05) is 0 Å². The quantitative estimate of drug-likeness (QED) is 0.827. The van der Waals surface area contributed by atoms with Gasteiger partial charge in [-0.15, -0.1) is 0 Å². The molecule has 2 rings (SSSR count). The summed E-state index contributed by atoms with van der Waals surface area (Å²) < 4.78 is 34.0. The van der Waals surface area contributed by atoms with Crippen molar-refractivity contribution in [1.29, 1.82) is 0 Å². The number of aliphatic hydroxyl groups is 1. The molecule has 0 heterocycles.